The van der Waals surface area contributed by atoms with Crippen molar-refractivity contribution >= 4 is 5.97 Å². The van der Waals surface area contributed by atoms with Gasteiger partial charge in [-0.2, -0.15) is 0 Å². The number of imidazole rings is 1. The molecule has 2 rings (SSSR count). The van der Waals surface area contributed by atoms with E-state index in [-0.39, 0.29) is 5.76 Å². The maximum absolute atomic E-state index is 10.4. The Morgan fingerprint density at radius 2 is 2.43 bits per heavy atom. The Kier molecular flexibility index (Phi) is 2.06. The van der Waals surface area contributed by atoms with Crippen molar-refractivity contribution in [1.82, 2.24) is 9.55 Å². The molecular weight excluding hydrogens is 184 g/mol. The maximum atomic E-state index is 10.4. The summed E-state index contributed by atoms with van der Waals surface area (Å²) in [5.74, 6) is -0.899. The van der Waals surface area contributed by atoms with Crippen LogP contribution in [-0.2, 0) is 6.54 Å². The SMILES string of the molecule is O=C([O-])c1ccc(Cn2ccnc2)o1. The number of rotatable bonds is 3. The first-order chi connectivity index (χ1) is 6.75. The van der Waals surface area contributed by atoms with Crippen LogP contribution in [0.4, 0.5) is 0 Å². The largest absolute Gasteiger partial charge is 0.542 e. The summed E-state index contributed by atoms with van der Waals surface area (Å²) in [4.78, 5) is 14.2. The number of carboxylic acid groups (broad SMARTS) is 1. The van der Waals surface area contributed by atoms with Crippen molar-refractivity contribution in [3.63, 3.8) is 0 Å². The maximum Gasteiger partial charge on any atom is 0.149 e. The first-order valence-electron chi connectivity index (χ1n) is 4.01. The Morgan fingerprint density at radius 3 is 3.00 bits per heavy atom. The Labute approximate surface area is 79.6 Å². The second-order valence-corrected chi connectivity index (χ2v) is 2.79. The summed E-state index contributed by atoms with van der Waals surface area (Å²) in [5, 5.41) is 10.4. The van der Waals surface area contributed by atoms with E-state index in [1.54, 1.807) is 29.4 Å². The summed E-state index contributed by atoms with van der Waals surface area (Å²) in [7, 11) is 0. The quantitative estimate of drug-likeness (QED) is 0.678. The van der Waals surface area contributed by atoms with Gasteiger partial charge in [0.2, 0.25) is 0 Å². The molecule has 0 saturated carbocycles. The van der Waals surface area contributed by atoms with Crippen LogP contribution in [0.5, 0.6) is 0 Å². The van der Waals surface area contributed by atoms with Gasteiger partial charge in [0.05, 0.1) is 12.9 Å². The summed E-state index contributed by atoms with van der Waals surface area (Å²) in [6, 6.07) is 2.98. The number of aromatic nitrogens is 2. The van der Waals surface area contributed by atoms with Gasteiger partial charge in [-0.15, -0.1) is 0 Å². The Hall–Kier alpha value is -2.04. The standard InChI is InChI=1S/C9H8N2O3/c12-9(13)8-2-1-7(14-8)5-11-4-3-10-6-11/h1-4,6H,5H2,(H,12,13)/p-1. The summed E-state index contributed by atoms with van der Waals surface area (Å²) in [6.45, 7) is 0.466. The van der Waals surface area contributed by atoms with Crippen LogP contribution in [-0.4, -0.2) is 15.5 Å². The van der Waals surface area contributed by atoms with Gasteiger partial charge in [0.25, 0.3) is 0 Å². The second kappa shape index (κ2) is 3.37. The Balaban J connectivity index is 2.14. The molecule has 14 heavy (non-hydrogen) atoms. The van der Waals surface area contributed by atoms with E-state index in [1.807, 2.05) is 0 Å². The average Bonchev–Trinajstić information content (AvgIpc) is 2.75. The minimum Gasteiger partial charge on any atom is -0.542 e. The zero-order valence-corrected chi connectivity index (χ0v) is 7.21. The van der Waals surface area contributed by atoms with Gasteiger partial charge in [-0.05, 0) is 12.1 Å². The van der Waals surface area contributed by atoms with E-state index in [4.69, 9.17) is 4.42 Å². The lowest BCUT2D eigenvalue weighted by atomic mass is 10.4. The fourth-order valence-electron chi connectivity index (χ4n) is 1.13. The van der Waals surface area contributed by atoms with Crippen molar-refractivity contribution < 1.29 is 14.3 Å². The highest BCUT2D eigenvalue weighted by Crippen LogP contribution is 2.08. The zero-order chi connectivity index (χ0) is 9.97. The van der Waals surface area contributed by atoms with Gasteiger partial charge >= 0.3 is 0 Å². The predicted octanol–water partition coefficient (Wildman–Crippen LogP) is -0.112. The Morgan fingerprint density at radius 1 is 1.57 bits per heavy atom. The van der Waals surface area contributed by atoms with E-state index in [9.17, 15) is 9.90 Å². The van der Waals surface area contributed by atoms with Crippen molar-refractivity contribution in [2.24, 2.45) is 0 Å². The fraction of sp³-hybridized carbons (Fsp3) is 0.111. The zero-order valence-electron chi connectivity index (χ0n) is 7.21. The first-order valence-corrected chi connectivity index (χ1v) is 4.01. The lowest BCUT2D eigenvalue weighted by Crippen LogP contribution is -2.21. The summed E-state index contributed by atoms with van der Waals surface area (Å²) >= 11 is 0. The van der Waals surface area contributed by atoms with Crippen molar-refractivity contribution in [3.8, 4) is 0 Å². The molecule has 0 aliphatic rings. The number of furan rings is 1. The van der Waals surface area contributed by atoms with Crippen molar-refractivity contribution in [2.75, 3.05) is 0 Å². The molecule has 2 heterocycles. The molecule has 2 aromatic heterocycles. The summed E-state index contributed by atoms with van der Waals surface area (Å²) in [5.41, 5.74) is 0. The molecular formula is C9H7N2O3-. The van der Waals surface area contributed by atoms with Gasteiger partial charge in [0, 0.05) is 12.4 Å². The topological polar surface area (TPSA) is 71.1 Å². The number of aromatic carboxylic acids is 1. The molecule has 0 spiro atoms. The third-order valence-corrected chi connectivity index (χ3v) is 1.76. The van der Waals surface area contributed by atoms with Crippen LogP contribution < -0.4 is 5.11 Å². The molecule has 0 radical (unpaired) electrons. The molecule has 0 atom stereocenters. The molecule has 0 fully saturated rings. The van der Waals surface area contributed by atoms with Crippen LogP contribution in [0, 0.1) is 0 Å². The van der Waals surface area contributed by atoms with Crippen LogP contribution in [0.25, 0.3) is 0 Å². The predicted molar refractivity (Wildman–Crippen MR) is 44.4 cm³/mol. The van der Waals surface area contributed by atoms with Gasteiger partial charge in [0.15, 0.2) is 0 Å². The van der Waals surface area contributed by atoms with E-state index in [1.165, 1.54) is 6.07 Å². The highest BCUT2D eigenvalue weighted by molar-refractivity contribution is 5.82. The van der Waals surface area contributed by atoms with E-state index < -0.39 is 5.97 Å². The fourth-order valence-corrected chi connectivity index (χ4v) is 1.13. The van der Waals surface area contributed by atoms with Crippen LogP contribution >= 0.6 is 0 Å². The molecule has 5 heteroatoms. The van der Waals surface area contributed by atoms with Crippen molar-refractivity contribution in [1.29, 1.82) is 0 Å². The lowest BCUT2D eigenvalue weighted by molar-refractivity contribution is -0.257. The highest BCUT2D eigenvalue weighted by Gasteiger charge is 2.02. The molecule has 0 amide bonds. The van der Waals surface area contributed by atoms with Crippen molar-refractivity contribution in [2.45, 2.75) is 6.54 Å². The van der Waals surface area contributed by atoms with Gasteiger partial charge in [0.1, 0.15) is 17.5 Å². The molecule has 0 bridgehead atoms. The number of carbonyl (C=O) groups is 1. The first kappa shape index (κ1) is 8.55. The van der Waals surface area contributed by atoms with Gasteiger partial charge in [-0.25, -0.2) is 4.98 Å². The second-order valence-electron chi connectivity index (χ2n) is 2.79. The normalized spacial score (nSPS) is 10.3. The number of hydrogen-bond donors (Lipinski definition) is 0. The lowest BCUT2D eigenvalue weighted by Gasteiger charge is -1.98. The molecule has 72 valence electrons. The van der Waals surface area contributed by atoms with Crippen LogP contribution in [0.15, 0.2) is 35.3 Å². The molecule has 0 saturated heterocycles. The van der Waals surface area contributed by atoms with E-state index >= 15 is 0 Å². The monoisotopic (exact) mass is 191 g/mol. The third kappa shape index (κ3) is 1.66. The molecule has 0 aliphatic carbocycles. The van der Waals surface area contributed by atoms with Crippen molar-refractivity contribution in [3.05, 3.63) is 42.4 Å². The van der Waals surface area contributed by atoms with Gasteiger partial charge in [-0.3, -0.25) is 0 Å². The molecule has 0 N–H and O–H groups in total. The molecule has 2 aromatic rings. The van der Waals surface area contributed by atoms with Crippen LogP contribution in [0.1, 0.15) is 16.3 Å². The summed E-state index contributed by atoms with van der Waals surface area (Å²) in [6.07, 6.45) is 5.03. The third-order valence-electron chi connectivity index (χ3n) is 1.76. The summed E-state index contributed by atoms with van der Waals surface area (Å²) < 4.78 is 6.78. The molecule has 5 nitrogen and oxygen atoms in total. The number of hydrogen-bond acceptors (Lipinski definition) is 4. The molecule has 0 unspecified atom stereocenters. The van der Waals surface area contributed by atoms with E-state index in [2.05, 4.69) is 4.98 Å². The van der Waals surface area contributed by atoms with E-state index in [0.717, 1.165) is 0 Å². The van der Waals surface area contributed by atoms with Crippen LogP contribution in [0.3, 0.4) is 0 Å². The molecule has 0 aliphatic heterocycles. The van der Waals surface area contributed by atoms with Gasteiger partial charge < -0.3 is 18.9 Å². The number of carbonyl (C=O) groups excluding carboxylic acids is 1. The number of carboxylic acids is 1. The highest BCUT2D eigenvalue weighted by atomic mass is 16.4. The average molecular weight is 191 g/mol. The molecule has 0 aromatic carbocycles. The van der Waals surface area contributed by atoms with Crippen LogP contribution in [0.2, 0.25) is 0 Å². The Bertz CT molecular complexity index is 431. The minimum atomic E-state index is -1.30. The van der Waals surface area contributed by atoms with E-state index in [0.29, 0.717) is 12.3 Å². The minimum absolute atomic E-state index is 0.153. The van der Waals surface area contributed by atoms with Gasteiger partial charge in [-0.1, -0.05) is 0 Å². The number of nitrogens with zero attached hydrogens (tertiary/aromatic N) is 2. The smallest absolute Gasteiger partial charge is 0.149 e.